The highest BCUT2D eigenvalue weighted by molar-refractivity contribution is 5.91. The van der Waals surface area contributed by atoms with Crippen molar-refractivity contribution in [3.63, 3.8) is 0 Å². The minimum absolute atomic E-state index is 0.0219. The molecule has 1 N–H and O–H groups in total. The molecule has 1 heterocycles. The molecule has 0 amide bonds. The van der Waals surface area contributed by atoms with E-state index in [0.29, 0.717) is 24.3 Å². The van der Waals surface area contributed by atoms with Crippen LogP contribution >= 0.6 is 0 Å². The van der Waals surface area contributed by atoms with Crippen molar-refractivity contribution >= 4 is 11.9 Å². The molecule has 1 fully saturated rings. The summed E-state index contributed by atoms with van der Waals surface area (Å²) in [5, 5.41) is 9.13. The second kappa shape index (κ2) is 9.36. The summed E-state index contributed by atoms with van der Waals surface area (Å²) in [4.78, 5) is 23.9. The maximum atomic E-state index is 12.1. The zero-order valence-corrected chi connectivity index (χ0v) is 16.3. The van der Waals surface area contributed by atoms with Crippen molar-refractivity contribution in [3.05, 3.63) is 23.3 Å². The van der Waals surface area contributed by atoms with Crippen molar-refractivity contribution in [1.82, 2.24) is 0 Å². The van der Waals surface area contributed by atoms with Crippen molar-refractivity contribution in [2.75, 3.05) is 13.2 Å². The predicted molar refractivity (Wildman–Crippen MR) is 99.3 cm³/mol. The fourth-order valence-corrected chi connectivity index (χ4v) is 3.79. The number of hydrogen-bond acceptors (Lipinski definition) is 5. The van der Waals surface area contributed by atoms with Gasteiger partial charge in [-0.1, -0.05) is 39.3 Å². The first-order valence-corrected chi connectivity index (χ1v) is 9.74. The van der Waals surface area contributed by atoms with E-state index < -0.39 is 0 Å². The summed E-state index contributed by atoms with van der Waals surface area (Å²) in [6, 6.07) is 0. The summed E-state index contributed by atoms with van der Waals surface area (Å²) in [7, 11) is 0. The van der Waals surface area contributed by atoms with E-state index in [2.05, 4.69) is 20.4 Å². The molecule has 146 valence electrons. The first-order valence-electron chi connectivity index (χ1n) is 9.74. The molecule has 1 saturated heterocycles. The van der Waals surface area contributed by atoms with Gasteiger partial charge in [-0.25, -0.2) is 4.79 Å². The molecule has 0 bridgehead atoms. The van der Waals surface area contributed by atoms with Crippen LogP contribution in [0, 0.1) is 17.8 Å². The fraction of sp³-hybridized carbons (Fsp3) is 0.714. The van der Waals surface area contributed by atoms with Gasteiger partial charge in [-0.2, -0.15) is 0 Å². The van der Waals surface area contributed by atoms with Gasteiger partial charge in [-0.05, 0) is 36.7 Å². The quantitative estimate of drug-likeness (QED) is 0.385. The number of ether oxygens (including phenoxy) is 2. The van der Waals surface area contributed by atoms with Crippen LogP contribution in [0.3, 0.4) is 0 Å². The average Bonchev–Trinajstić information content (AvgIpc) is 2.90. The SMILES string of the molecule is C=C1C(=O)OC2CC(COC(=O)CC(C)CC)=C(C(C)CCCO)CC12. The van der Waals surface area contributed by atoms with E-state index in [4.69, 9.17) is 14.6 Å². The lowest BCUT2D eigenvalue weighted by molar-refractivity contribution is -0.144. The van der Waals surface area contributed by atoms with Gasteiger partial charge in [-0.3, -0.25) is 4.79 Å². The summed E-state index contributed by atoms with van der Waals surface area (Å²) in [6.45, 7) is 10.6. The van der Waals surface area contributed by atoms with E-state index in [1.54, 1.807) is 0 Å². The van der Waals surface area contributed by atoms with E-state index in [1.807, 2.05) is 6.92 Å². The lowest BCUT2D eigenvalue weighted by Crippen LogP contribution is -2.28. The zero-order valence-electron chi connectivity index (χ0n) is 16.3. The second-order valence-electron chi connectivity index (χ2n) is 7.76. The Bertz CT molecular complexity index is 577. The molecule has 4 unspecified atom stereocenters. The van der Waals surface area contributed by atoms with Crippen molar-refractivity contribution < 1.29 is 24.2 Å². The van der Waals surface area contributed by atoms with Gasteiger partial charge in [0, 0.05) is 30.9 Å². The molecule has 0 radical (unpaired) electrons. The first kappa shape index (κ1) is 20.7. The van der Waals surface area contributed by atoms with Crippen LogP contribution in [0.15, 0.2) is 23.3 Å². The van der Waals surface area contributed by atoms with Gasteiger partial charge in [-0.15, -0.1) is 0 Å². The molecule has 1 aliphatic heterocycles. The van der Waals surface area contributed by atoms with Crippen LogP contribution in [0.4, 0.5) is 0 Å². The van der Waals surface area contributed by atoms with Gasteiger partial charge in [0.1, 0.15) is 12.7 Å². The number of hydrogen-bond donors (Lipinski definition) is 1. The molecule has 0 saturated carbocycles. The lowest BCUT2D eigenvalue weighted by atomic mass is 9.75. The molecular formula is C21H32O5. The van der Waals surface area contributed by atoms with Crippen LogP contribution in [-0.2, 0) is 19.1 Å². The lowest BCUT2D eigenvalue weighted by Gasteiger charge is -2.31. The number of esters is 2. The van der Waals surface area contributed by atoms with Gasteiger partial charge in [0.05, 0.1) is 0 Å². The molecule has 0 aromatic rings. The van der Waals surface area contributed by atoms with Gasteiger partial charge in [0.15, 0.2) is 0 Å². The molecule has 0 aromatic carbocycles. The minimum atomic E-state index is -0.308. The number of carbonyl (C=O) groups is 2. The van der Waals surface area contributed by atoms with E-state index in [1.165, 1.54) is 5.57 Å². The van der Waals surface area contributed by atoms with E-state index in [0.717, 1.165) is 31.3 Å². The molecule has 2 aliphatic rings. The van der Waals surface area contributed by atoms with Crippen molar-refractivity contribution in [1.29, 1.82) is 0 Å². The molecule has 4 atom stereocenters. The Balaban J connectivity index is 2.10. The maximum absolute atomic E-state index is 12.1. The number of carbonyl (C=O) groups excluding carboxylic acids is 2. The highest BCUT2D eigenvalue weighted by Crippen LogP contribution is 2.43. The zero-order chi connectivity index (χ0) is 19.3. The number of aliphatic hydroxyl groups is 1. The van der Waals surface area contributed by atoms with Crippen LogP contribution in [-0.4, -0.2) is 36.4 Å². The maximum Gasteiger partial charge on any atom is 0.334 e. The number of rotatable bonds is 9. The number of fused-ring (bicyclic) bond motifs is 1. The Morgan fingerprint density at radius 2 is 2.12 bits per heavy atom. The third-order valence-electron chi connectivity index (χ3n) is 5.77. The van der Waals surface area contributed by atoms with Crippen molar-refractivity contribution in [3.8, 4) is 0 Å². The molecular weight excluding hydrogens is 332 g/mol. The first-order chi connectivity index (χ1) is 12.4. The van der Waals surface area contributed by atoms with Gasteiger partial charge < -0.3 is 14.6 Å². The van der Waals surface area contributed by atoms with E-state index in [9.17, 15) is 9.59 Å². The Kier molecular flexibility index (Phi) is 7.44. The van der Waals surface area contributed by atoms with Crippen LogP contribution in [0.1, 0.15) is 59.3 Å². The normalized spacial score (nSPS) is 24.9. The molecule has 0 spiro atoms. The van der Waals surface area contributed by atoms with E-state index in [-0.39, 0.29) is 43.1 Å². The Morgan fingerprint density at radius 3 is 2.77 bits per heavy atom. The van der Waals surface area contributed by atoms with Crippen LogP contribution in [0.25, 0.3) is 0 Å². The van der Waals surface area contributed by atoms with Crippen LogP contribution < -0.4 is 0 Å². The third-order valence-corrected chi connectivity index (χ3v) is 5.77. The molecule has 0 aromatic heterocycles. The molecule has 5 heteroatoms. The largest absolute Gasteiger partial charge is 0.461 e. The summed E-state index contributed by atoms with van der Waals surface area (Å²) >= 11 is 0. The number of allylic oxidation sites excluding steroid dienone is 1. The van der Waals surface area contributed by atoms with Crippen molar-refractivity contribution in [2.24, 2.45) is 17.8 Å². The summed E-state index contributed by atoms with van der Waals surface area (Å²) < 4.78 is 11.0. The molecule has 1 aliphatic carbocycles. The Hall–Kier alpha value is -1.62. The Labute approximate surface area is 156 Å². The van der Waals surface area contributed by atoms with Gasteiger partial charge in [0.25, 0.3) is 0 Å². The van der Waals surface area contributed by atoms with Crippen LogP contribution in [0.5, 0.6) is 0 Å². The summed E-state index contributed by atoms with van der Waals surface area (Å²) in [5.74, 6) is 0.124. The van der Waals surface area contributed by atoms with Gasteiger partial charge in [0.2, 0.25) is 0 Å². The van der Waals surface area contributed by atoms with Crippen LogP contribution in [0.2, 0.25) is 0 Å². The summed E-state index contributed by atoms with van der Waals surface area (Å²) in [5.41, 5.74) is 2.85. The fourth-order valence-electron chi connectivity index (χ4n) is 3.79. The standard InChI is InChI=1S/C21H32O5/c1-5-13(2)9-20(23)25-12-16-10-19-18(15(4)21(24)26-19)11-17(16)14(3)7-6-8-22/h13-14,18-19,22H,4-12H2,1-3H3. The molecule has 2 rings (SSSR count). The topological polar surface area (TPSA) is 72.8 Å². The average molecular weight is 364 g/mol. The monoisotopic (exact) mass is 364 g/mol. The second-order valence-corrected chi connectivity index (χ2v) is 7.76. The highest BCUT2D eigenvalue weighted by Gasteiger charge is 2.43. The van der Waals surface area contributed by atoms with E-state index >= 15 is 0 Å². The Morgan fingerprint density at radius 1 is 1.38 bits per heavy atom. The third kappa shape index (κ3) is 4.97. The number of aliphatic hydroxyl groups excluding tert-OH is 1. The smallest absolute Gasteiger partial charge is 0.334 e. The van der Waals surface area contributed by atoms with Gasteiger partial charge >= 0.3 is 11.9 Å². The highest BCUT2D eigenvalue weighted by atomic mass is 16.6. The molecule has 5 nitrogen and oxygen atoms in total. The molecule has 26 heavy (non-hydrogen) atoms. The predicted octanol–water partition coefficient (Wildman–Crippen LogP) is 3.56. The minimum Gasteiger partial charge on any atom is -0.461 e. The van der Waals surface area contributed by atoms with Crippen molar-refractivity contribution in [2.45, 2.75) is 65.4 Å². The summed E-state index contributed by atoms with van der Waals surface area (Å²) in [6.07, 6.45) is 4.11.